The molecule has 0 amide bonds. The Hall–Kier alpha value is -3.39. The summed E-state index contributed by atoms with van der Waals surface area (Å²) in [5.41, 5.74) is 1.61. The van der Waals surface area contributed by atoms with Gasteiger partial charge in [0.25, 0.3) is 15.7 Å². The van der Waals surface area contributed by atoms with Crippen LogP contribution in [0.5, 0.6) is 5.75 Å². The lowest BCUT2D eigenvalue weighted by Gasteiger charge is -2.21. The third-order valence-corrected chi connectivity index (χ3v) is 6.40. The van der Waals surface area contributed by atoms with Crippen LogP contribution in [-0.2, 0) is 16.6 Å². The molecule has 7 nitrogen and oxygen atoms in total. The van der Waals surface area contributed by atoms with Crippen molar-refractivity contribution in [1.82, 2.24) is 0 Å². The summed E-state index contributed by atoms with van der Waals surface area (Å²) >= 11 is 0. The number of rotatable bonds is 7. The molecule has 0 saturated carbocycles. The van der Waals surface area contributed by atoms with Crippen molar-refractivity contribution >= 4 is 21.4 Å². The average Bonchev–Trinajstić information content (AvgIpc) is 2.73. The number of nitro benzene ring substituents is 1. The summed E-state index contributed by atoms with van der Waals surface area (Å²) in [5.74, 6) is 0.606. The van der Waals surface area contributed by atoms with Gasteiger partial charge in [0.2, 0.25) is 0 Å². The number of hydrogen-bond donors (Lipinski definition) is 0. The molecule has 0 bridgehead atoms. The van der Waals surface area contributed by atoms with Crippen LogP contribution in [0.3, 0.4) is 0 Å². The molecule has 0 aliphatic heterocycles. The summed E-state index contributed by atoms with van der Waals surface area (Å²) in [6.45, 7) is 2.01. The molecule has 0 atom stereocenters. The highest BCUT2D eigenvalue weighted by molar-refractivity contribution is 7.92. The Morgan fingerprint density at radius 2 is 1.66 bits per heavy atom. The zero-order chi connectivity index (χ0) is 21.0. The second-order valence-corrected chi connectivity index (χ2v) is 8.39. The first-order valence-corrected chi connectivity index (χ1v) is 10.2. The van der Waals surface area contributed by atoms with Gasteiger partial charge in [-0.2, -0.15) is 0 Å². The van der Waals surface area contributed by atoms with Crippen LogP contribution >= 0.6 is 0 Å². The lowest BCUT2D eigenvalue weighted by atomic mass is 10.2. The third kappa shape index (κ3) is 4.55. The molecule has 0 aliphatic rings. The Bertz CT molecular complexity index is 1110. The molecule has 150 valence electrons. The Labute approximate surface area is 169 Å². The van der Waals surface area contributed by atoms with E-state index in [0.29, 0.717) is 23.6 Å². The zero-order valence-corrected chi connectivity index (χ0v) is 16.8. The van der Waals surface area contributed by atoms with Gasteiger partial charge in [0.05, 0.1) is 15.5 Å². The molecule has 0 fully saturated rings. The average molecular weight is 412 g/mol. The molecule has 3 aromatic rings. The number of ether oxygens (including phenoxy) is 1. The van der Waals surface area contributed by atoms with Gasteiger partial charge >= 0.3 is 0 Å². The van der Waals surface area contributed by atoms with Crippen LogP contribution in [0.15, 0.2) is 77.7 Å². The van der Waals surface area contributed by atoms with Crippen molar-refractivity contribution in [2.45, 2.75) is 18.4 Å². The first-order chi connectivity index (χ1) is 13.8. The predicted molar refractivity (Wildman–Crippen MR) is 111 cm³/mol. The highest BCUT2D eigenvalue weighted by atomic mass is 32.2. The lowest BCUT2D eigenvalue weighted by molar-refractivity contribution is -0.385. The molecular weight excluding hydrogens is 392 g/mol. The highest BCUT2D eigenvalue weighted by Gasteiger charge is 2.25. The fourth-order valence-corrected chi connectivity index (χ4v) is 4.20. The van der Waals surface area contributed by atoms with Crippen molar-refractivity contribution in [2.75, 3.05) is 11.4 Å². The normalized spacial score (nSPS) is 11.1. The minimum absolute atomic E-state index is 0.0985. The predicted octanol–water partition coefficient (Wildman–Crippen LogP) is 4.31. The molecule has 0 spiro atoms. The summed E-state index contributed by atoms with van der Waals surface area (Å²) in [4.78, 5) is 10.3. The van der Waals surface area contributed by atoms with Gasteiger partial charge in [-0.1, -0.05) is 36.4 Å². The van der Waals surface area contributed by atoms with E-state index in [9.17, 15) is 18.5 Å². The maximum Gasteiger partial charge on any atom is 0.270 e. The van der Waals surface area contributed by atoms with Gasteiger partial charge in [-0.3, -0.25) is 14.4 Å². The summed E-state index contributed by atoms with van der Waals surface area (Å²) in [6, 6.07) is 20.1. The third-order valence-electron chi connectivity index (χ3n) is 4.47. The molecule has 29 heavy (non-hydrogen) atoms. The molecule has 8 heteroatoms. The standard InChI is InChI=1S/C21H20N2O5S/c1-16-8-9-19(23(24)25)14-21(16)29(26,27)22(2)18-10-12-20(13-11-18)28-15-17-6-4-3-5-7-17/h3-14H,15H2,1-2H3. The van der Waals surface area contributed by atoms with Crippen LogP contribution in [0.4, 0.5) is 11.4 Å². The van der Waals surface area contributed by atoms with Crippen LogP contribution < -0.4 is 9.04 Å². The van der Waals surface area contributed by atoms with Gasteiger partial charge < -0.3 is 4.74 Å². The first kappa shape index (κ1) is 20.3. The van der Waals surface area contributed by atoms with E-state index in [-0.39, 0.29) is 10.6 Å². The number of benzene rings is 3. The van der Waals surface area contributed by atoms with E-state index >= 15 is 0 Å². The number of nitrogens with zero attached hydrogens (tertiary/aromatic N) is 2. The van der Waals surface area contributed by atoms with Gasteiger partial charge in [-0.05, 0) is 42.3 Å². The summed E-state index contributed by atoms with van der Waals surface area (Å²) in [5, 5.41) is 11.0. The maximum absolute atomic E-state index is 13.0. The minimum atomic E-state index is -3.96. The van der Waals surface area contributed by atoms with E-state index in [1.54, 1.807) is 31.2 Å². The van der Waals surface area contributed by atoms with E-state index < -0.39 is 14.9 Å². The van der Waals surface area contributed by atoms with Crippen LogP contribution in [-0.4, -0.2) is 20.4 Å². The van der Waals surface area contributed by atoms with Crippen molar-refractivity contribution in [3.05, 3.63) is 94.0 Å². The fraction of sp³-hybridized carbons (Fsp3) is 0.143. The van der Waals surface area contributed by atoms with Gasteiger partial charge in [0.15, 0.2) is 0 Å². The largest absolute Gasteiger partial charge is 0.489 e. The Morgan fingerprint density at radius 1 is 1.00 bits per heavy atom. The SMILES string of the molecule is Cc1ccc([N+](=O)[O-])cc1S(=O)(=O)N(C)c1ccc(OCc2ccccc2)cc1. The van der Waals surface area contributed by atoms with Crippen LogP contribution in [0.1, 0.15) is 11.1 Å². The van der Waals surface area contributed by atoms with Crippen molar-refractivity contribution in [3.63, 3.8) is 0 Å². The maximum atomic E-state index is 13.0. The van der Waals surface area contributed by atoms with E-state index in [0.717, 1.165) is 15.9 Å². The molecule has 0 saturated heterocycles. The monoisotopic (exact) mass is 412 g/mol. The van der Waals surface area contributed by atoms with Gasteiger partial charge in [0.1, 0.15) is 12.4 Å². The highest BCUT2D eigenvalue weighted by Crippen LogP contribution is 2.28. The van der Waals surface area contributed by atoms with Crippen molar-refractivity contribution in [3.8, 4) is 5.75 Å². The molecule has 3 rings (SSSR count). The molecule has 0 aromatic heterocycles. The van der Waals surface area contributed by atoms with Gasteiger partial charge in [-0.15, -0.1) is 0 Å². The van der Waals surface area contributed by atoms with Crippen molar-refractivity contribution in [1.29, 1.82) is 0 Å². The van der Waals surface area contributed by atoms with E-state index in [1.807, 2.05) is 30.3 Å². The smallest absolute Gasteiger partial charge is 0.270 e. The van der Waals surface area contributed by atoms with E-state index in [1.165, 1.54) is 19.2 Å². The lowest BCUT2D eigenvalue weighted by Crippen LogP contribution is -2.27. The molecule has 0 aliphatic carbocycles. The Balaban J connectivity index is 1.80. The fourth-order valence-electron chi connectivity index (χ4n) is 2.76. The first-order valence-electron chi connectivity index (χ1n) is 8.80. The second kappa shape index (κ2) is 8.32. The number of anilines is 1. The number of hydrogen-bond acceptors (Lipinski definition) is 5. The molecule has 0 N–H and O–H groups in total. The number of nitro groups is 1. The Morgan fingerprint density at radius 3 is 2.28 bits per heavy atom. The summed E-state index contributed by atoms with van der Waals surface area (Å²) in [7, 11) is -2.55. The number of aryl methyl sites for hydroxylation is 1. The van der Waals surface area contributed by atoms with Crippen LogP contribution in [0, 0.1) is 17.0 Å². The van der Waals surface area contributed by atoms with Gasteiger partial charge in [0, 0.05) is 19.2 Å². The van der Waals surface area contributed by atoms with Gasteiger partial charge in [-0.25, -0.2) is 8.42 Å². The van der Waals surface area contributed by atoms with Crippen molar-refractivity contribution in [2.24, 2.45) is 0 Å². The zero-order valence-electron chi connectivity index (χ0n) is 16.0. The summed E-state index contributed by atoms with van der Waals surface area (Å²) < 4.78 is 32.8. The van der Waals surface area contributed by atoms with Crippen LogP contribution in [0.2, 0.25) is 0 Å². The second-order valence-electron chi connectivity index (χ2n) is 6.45. The van der Waals surface area contributed by atoms with Crippen LogP contribution in [0.25, 0.3) is 0 Å². The quantitative estimate of drug-likeness (QED) is 0.426. The molecule has 0 unspecified atom stereocenters. The molecule has 0 heterocycles. The Kier molecular flexibility index (Phi) is 5.84. The van der Waals surface area contributed by atoms with E-state index in [4.69, 9.17) is 4.74 Å². The van der Waals surface area contributed by atoms with E-state index in [2.05, 4.69) is 0 Å². The molecular formula is C21H20N2O5S. The molecule has 3 aromatic carbocycles. The minimum Gasteiger partial charge on any atom is -0.489 e. The summed E-state index contributed by atoms with van der Waals surface area (Å²) in [6.07, 6.45) is 0. The number of sulfonamides is 1. The number of non-ortho nitro benzene ring substituents is 1. The molecule has 0 radical (unpaired) electrons. The van der Waals surface area contributed by atoms with Crippen molar-refractivity contribution < 1.29 is 18.1 Å². The topological polar surface area (TPSA) is 89.8 Å².